The molecule has 8 nitrogen and oxygen atoms in total. The summed E-state index contributed by atoms with van der Waals surface area (Å²) >= 11 is 0. The van der Waals surface area contributed by atoms with Crippen molar-refractivity contribution in [1.82, 2.24) is 19.9 Å². The lowest BCUT2D eigenvalue weighted by Gasteiger charge is -2.08. The zero-order valence-electron chi connectivity index (χ0n) is 12.4. The van der Waals surface area contributed by atoms with Gasteiger partial charge in [-0.05, 0) is 37.1 Å². The number of aromatic nitrogens is 3. The van der Waals surface area contributed by atoms with Gasteiger partial charge in [0, 0.05) is 19.3 Å². The van der Waals surface area contributed by atoms with Crippen LogP contribution in [-0.2, 0) is 10.0 Å². The van der Waals surface area contributed by atoms with Crippen LogP contribution < -0.4 is 15.4 Å². The molecule has 0 atom stereocenters. The van der Waals surface area contributed by atoms with Crippen LogP contribution in [0.5, 0.6) is 0 Å². The molecule has 2 heterocycles. The lowest BCUT2D eigenvalue weighted by molar-refractivity contribution is 0.581. The summed E-state index contributed by atoms with van der Waals surface area (Å²) in [6.07, 6.45) is 3.21. The number of anilines is 3. The molecule has 23 heavy (non-hydrogen) atoms. The number of rotatable bonds is 8. The van der Waals surface area contributed by atoms with E-state index in [2.05, 4.69) is 30.5 Å². The molecule has 1 aliphatic carbocycles. The zero-order chi connectivity index (χ0) is 16.1. The maximum Gasteiger partial charge on any atom is 0.214 e. The molecule has 0 amide bonds. The molecule has 0 radical (unpaired) electrons. The predicted molar refractivity (Wildman–Crippen MR) is 88.0 cm³/mol. The first-order valence-corrected chi connectivity index (χ1v) is 8.92. The maximum absolute atomic E-state index is 11.6. The van der Waals surface area contributed by atoms with Crippen molar-refractivity contribution < 1.29 is 8.42 Å². The molecule has 3 rings (SSSR count). The molecule has 0 saturated heterocycles. The maximum atomic E-state index is 11.6. The van der Waals surface area contributed by atoms with Crippen molar-refractivity contribution in [2.45, 2.75) is 18.1 Å². The first-order chi connectivity index (χ1) is 11.1. The quantitative estimate of drug-likeness (QED) is 0.620. The molecule has 9 heteroatoms. The summed E-state index contributed by atoms with van der Waals surface area (Å²) < 4.78 is 25.9. The van der Waals surface area contributed by atoms with Gasteiger partial charge in [0.05, 0.1) is 5.25 Å². The molecule has 1 aliphatic rings. The Hall–Kier alpha value is -2.26. The number of sulfonamides is 1. The Bertz CT molecular complexity index is 732. The third kappa shape index (κ3) is 4.60. The lowest BCUT2D eigenvalue weighted by Crippen LogP contribution is -2.31. The third-order valence-electron chi connectivity index (χ3n) is 3.28. The van der Waals surface area contributed by atoms with E-state index in [0.717, 1.165) is 12.8 Å². The highest BCUT2D eigenvalue weighted by Gasteiger charge is 2.35. The van der Waals surface area contributed by atoms with E-state index in [1.54, 1.807) is 18.3 Å². The second-order valence-electron chi connectivity index (χ2n) is 5.21. The lowest BCUT2D eigenvalue weighted by atomic mass is 10.4. The minimum atomic E-state index is -3.13. The first kappa shape index (κ1) is 15.6. The summed E-state index contributed by atoms with van der Waals surface area (Å²) in [6.45, 7) is 0.780. The first-order valence-electron chi connectivity index (χ1n) is 7.38. The average Bonchev–Trinajstić information content (AvgIpc) is 3.40. The fraction of sp³-hybridized carbons (Fsp3) is 0.357. The van der Waals surface area contributed by atoms with E-state index in [-0.39, 0.29) is 5.25 Å². The Morgan fingerprint density at radius 1 is 1.00 bits per heavy atom. The smallest absolute Gasteiger partial charge is 0.214 e. The number of hydrogen-bond acceptors (Lipinski definition) is 7. The largest absolute Gasteiger partial charge is 0.367 e. The van der Waals surface area contributed by atoms with E-state index in [0.29, 0.717) is 30.5 Å². The minimum absolute atomic E-state index is 0.195. The summed E-state index contributed by atoms with van der Waals surface area (Å²) in [5, 5.41) is 13.9. The summed E-state index contributed by atoms with van der Waals surface area (Å²) in [6, 6.07) is 9.09. The second-order valence-corrected chi connectivity index (χ2v) is 7.25. The highest BCUT2D eigenvalue weighted by atomic mass is 32.2. The molecule has 1 saturated carbocycles. The fourth-order valence-electron chi connectivity index (χ4n) is 1.94. The molecule has 1 fully saturated rings. The van der Waals surface area contributed by atoms with E-state index >= 15 is 0 Å². The van der Waals surface area contributed by atoms with Crippen molar-refractivity contribution in [2.24, 2.45) is 0 Å². The van der Waals surface area contributed by atoms with Gasteiger partial charge in [0.15, 0.2) is 5.82 Å². The van der Waals surface area contributed by atoms with Crippen molar-refractivity contribution >= 4 is 27.5 Å². The van der Waals surface area contributed by atoms with Crippen LogP contribution in [0, 0.1) is 0 Å². The fourth-order valence-corrected chi connectivity index (χ4v) is 3.32. The van der Waals surface area contributed by atoms with Gasteiger partial charge in [0.1, 0.15) is 11.6 Å². The van der Waals surface area contributed by atoms with Gasteiger partial charge in [0.2, 0.25) is 10.0 Å². The minimum Gasteiger partial charge on any atom is -0.367 e. The molecule has 0 aliphatic heterocycles. The van der Waals surface area contributed by atoms with Crippen molar-refractivity contribution in [3.05, 3.63) is 36.5 Å². The van der Waals surface area contributed by atoms with Crippen molar-refractivity contribution in [1.29, 1.82) is 0 Å². The Morgan fingerprint density at radius 3 is 2.43 bits per heavy atom. The highest BCUT2D eigenvalue weighted by molar-refractivity contribution is 7.90. The molecular weight excluding hydrogens is 316 g/mol. The number of pyridine rings is 1. The van der Waals surface area contributed by atoms with Gasteiger partial charge in [-0.1, -0.05) is 6.07 Å². The number of hydrogen-bond donors (Lipinski definition) is 3. The van der Waals surface area contributed by atoms with Crippen LogP contribution in [0.15, 0.2) is 36.5 Å². The van der Waals surface area contributed by atoms with E-state index in [4.69, 9.17) is 0 Å². The van der Waals surface area contributed by atoms with Gasteiger partial charge >= 0.3 is 0 Å². The van der Waals surface area contributed by atoms with E-state index in [1.165, 1.54) is 0 Å². The molecule has 0 unspecified atom stereocenters. The van der Waals surface area contributed by atoms with Crippen LogP contribution in [0.1, 0.15) is 12.8 Å². The monoisotopic (exact) mass is 334 g/mol. The normalized spacial score (nSPS) is 14.4. The highest BCUT2D eigenvalue weighted by Crippen LogP contribution is 2.27. The van der Waals surface area contributed by atoms with Gasteiger partial charge in [-0.25, -0.2) is 18.1 Å². The molecule has 2 aromatic rings. The summed E-state index contributed by atoms with van der Waals surface area (Å²) in [4.78, 5) is 4.14. The Morgan fingerprint density at radius 2 is 1.78 bits per heavy atom. The van der Waals surface area contributed by atoms with Crippen LogP contribution >= 0.6 is 0 Å². The van der Waals surface area contributed by atoms with Gasteiger partial charge in [0.25, 0.3) is 0 Å². The molecule has 2 aromatic heterocycles. The van der Waals surface area contributed by atoms with Crippen LogP contribution in [0.2, 0.25) is 0 Å². The number of nitrogens with zero attached hydrogens (tertiary/aromatic N) is 3. The van der Waals surface area contributed by atoms with Gasteiger partial charge in [-0.3, -0.25) is 0 Å². The van der Waals surface area contributed by atoms with E-state index in [9.17, 15) is 8.42 Å². The second kappa shape index (κ2) is 6.88. The average molecular weight is 334 g/mol. The SMILES string of the molecule is O=S(=O)(NCCNc1ccc(Nc2ccccn2)nn1)C1CC1. The summed E-state index contributed by atoms with van der Waals surface area (Å²) in [7, 11) is -3.13. The van der Waals surface area contributed by atoms with Crippen LogP contribution in [0.3, 0.4) is 0 Å². The van der Waals surface area contributed by atoms with E-state index in [1.807, 2.05) is 18.2 Å². The zero-order valence-corrected chi connectivity index (χ0v) is 13.3. The Balaban J connectivity index is 1.44. The van der Waals surface area contributed by atoms with E-state index < -0.39 is 10.0 Å². The van der Waals surface area contributed by atoms with Gasteiger partial charge in [-0.15, -0.1) is 10.2 Å². The summed E-state index contributed by atoms with van der Waals surface area (Å²) in [5.41, 5.74) is 0. The molecule has 0 spiro atoms. The standard InChI is InChI=1S/C14H18N6O2S/c21-23(22,11-4-5-11)17-10-9-16-13-6-7-14(20-19-13)18-12-3-1-2-8-15-12/h1-3,6-8,11,17H,4-5,9-10H2,(H,16,19)(H,15,18,20). The topological polar surface area (TPSA) is 109 Å². The van der Waals surface area contributed by atoms with Crippen molar-refractivity contribution in [3.8, 4) is 0 Å². The molecule has 122 valence electrons. The molecule has 0 aromatic carbocycles. The Labute approximate surface area is 134 Å². The molecule has 0 bridgehead atoms. The van der Waals surface area contributed by atoms with Crippen LogP contribution in [0.25, 0.3) is 0 Å². The molecular formula is C14H18N6O2S. The third-order valence-corrected chi connectivity index (χ3v) is 5.24. The van der Waals surface area contributed by atoms with Crippen LogP contribution in [-0.4, -0.2) is 41.9 Å². The number of nitrogens with one attached hydrogen (secondary N) is 3. The molecule has 3 N–H and O–H groups in total. The van der Waals surface area contributed by atoms with Gasteiger partial charge in [-0.2, -0.15) is 0 Å². The summed E-state index contributed by atoms with van der Waals surface area (Å²) in [5.74, 6) is 1.86. The van der Waals surface area contributed by atoms with Crippen molar-refractivity contribution in [2.75, 3.05) is 23.7 Å². The van der Waals surface area contributed by atoms with Crippen molar-refractivity contribution in [3.63, 3.8) is 0 Å². The Kier molecular flexibility index (Phi) is 4.68. The predicted octanol–water partition coefficient (Wildman–Crippen LogP) is 1.11. The van der Waals surface area contributed by atoms with Crippen LogP contribution in [0.4, 0.5) is 17.5 Å². The van der Waals surface area contributed by atoms with Gasteiger partial charge < -0.3 is 10.6 Å².